The van der Waals surface area contributed by atoms with Crippen LogP contribution in [0.25, 0.3) is 0 Å². The second-order valence-corrected chi connectivity index (χ2v) is 18.0. The molecule has 0 saturated heterocycles. The van der Waals surface area contributed by atoms with E-state index in [4.69, 9.17) is 0 Å². The molecule has 4 rings (SSSR count). The lowest BCUT2D eigenvalue weighted by Gasteiger charge is -2.28. The summed E-state index contributed by atoms with van der Waals surface area (Å²) in [5, 5.41) is 22.2. The molecule has 2 nitrogen and oxygen atoms in total. The highest BCUT2D eigenvalue weighted by molar-refractivity contribution is 7.99. The molecule has 0 bridgehead atoms. The van der Waals surface area contributed by atoms with E-state index >= 15 is 0 Å². The van der Waals surface area contributed by atoms with Crippen molar-refractivity contribution < 1.29 is 10.2 Å². The van der Waals surface area contributed by atoms with Crippen LogP contribution in [0.15, 0.2) is 82.6 Å². The Morgan fingerprint density at radius 1 is 0.400 bits per heavy atom. The Labute approximate surface area is 277 Å². The molecule has 0 spiro atoms. The van der Waals surface area contributed by atoms with E-state index in [2.05, 4.69) is 156 Å². The van der Waals surface area contributed by atoms with Crippen LogP contribution in [0.5, 0.6) is 11.5 Å². The van der Waals surface area contributed by atoms with Gasteiger partial charge in [0.05, 0.1) is 0 Å². The minimum atomic E-state index is -0.134. The molecule has 0 heterocycles. The molecular formula is C42H54O2S. The van der Waals surface area contributed by atoms with Gasteiger partial charge in [-0.1, -0.05) is 143 Å². The van der Waals surface area contributed by atoms with Gasteiger partial charge in [-0.2, -0.15) is 0 Å². The average molecular weight is 623 g/mol. The molecule has 3 heteroatoms. The first-order chi connectivity index (χ1) is 20.6. The molecular weight excluding hydrogens is 569 g/mol. The molecule has 0 radical (unpaired) electrons. The van der Waals surface area contributed by atoms with Gasteiger partial charge in [0.2, 0.25) is 0 Å². The Morgan fingerprint density at radius 2 is 0.644 bits per heavy atom. The summed E-state index contributed by atoms with van der Waals surface area (Å²) in [6.07, 6.45) is 1.66. The molecule has 0 saturated carbocycles. The topological polar surface area (TPSA) is 40.5 Å². The Bertz CT molecular complexity index is 1440. The number of hydrogen-bond donors (Lipinski definition) is 2. The molecule has 4 aromatic rings. The van der Waals surface area contributed by atoms with Crippen LogP contribution in [-0.2, 0) is 34.5 Å². The van der Waals surface area contributed by atoms with Crippen LogP contribution in [0.2, 0.25) is 0 Å². The highest BCUT2D eigenvalue weighted by Crippen LogP contribution is 2.42. The third-order valence-corrected chi connectivity index (χ3v) is 9.49. The summed E-state index contributed by atoms with van der Waals surface area (Å²) in [7, 11) is 0. The molecule has 4 aromatic carbocycles. The van der Waals surface area contributed by atoms with Gasteiger partial charge in [-0.05, 0) is 103 Å². The summed E-state index contributed by atoms with van der Waals surface area (Å²) in [4.78, 5) is 2.43. The van der Waals surface area contributed by atoms with E-state index in [1.54, 1.807) is 11.8 Å². The quantitative estimate of drug-likeness (QED) is 0.225. The van der Waals surface area contributed by atoms with E-state index in [0.717, 1.165) is 35.1 Å². The van der Waals surface area contributed by atoms with Gasteiger partial charge in [-0.25, -0.2) is 0 Å². The van der Waals surface area contributed by atoms with Gasteiger partial charge in [-0.3, -0.25) is 0 Å². The van der Waals surface area contributed by atoms with Crippen molar-refractivity contribution in [3.63, 3.8) is 0 Å². The van der Waals surface area contributed by atoms with Gasteiger partial charge < -0.3 is 10.2 Å². The predicted molar refractivity (Wildman–Crippen MR) is 194 cm³/mol. The van der Waals surface area contributed by atoms with Crippen LogP contribution in [0.1, 0.15) is 128 Å². The number of hydrogen-bond acceptors (Lipinski definition) is 3. The summed E-state index contributed by atoms with van der Waals surface area (Å²) in [5.74, 6) is 0.868. The normalized spacial score (nSPS) is 12.9. The fourth-order valence-corrected chi connectivity index (χ4v) is 6.65. The Kier molecular flexibility index (Phi) is 9.68. The number of rotatable bonds is 6. The molecule has 0 aliphatic heterocycles. The summed E-state index contributed by atoms with van der Waals surface area (Å²) >= 11 is 1.78. The van der Waals surface area contributed by atoms with Crippen LogP contribution in [-0.4, -0.2) is 10.2 Å². The van der Waals surface area contributed by atoms with Gasteiger partial charge in [0.25, 0.3) is 0 Å². The Morgan fingerprint density at radius 3 is 0.867 bits per heavy atom. The van der Waals surface area contributed by atoms with E-state index in [9.17, 15) is 10.2 Å². The van der Waals surface area contributed by atoms with Crippen molar-refractivity contribution in [3.8, 4) is 11.5 Å². The molecule has 0 amide bonds. The first kappa shape index (κ1) is 34.7. The third kappa shape index (κ3) is 8.55. The van der Waals surface area contributed by atoms with Gasteiger partial charge in [0, 0.05) is 9.79 Å². The highest BCUT2D eigenvalue weighted by atomic mass is 32.2. The number of phenolic OH excluding ortho intramolecular Hbond substituents is 2. The van der Waals surface area contributed by atoms with Crippen molar-refractivity contribution in [2.75, 3.05) is 0 Å². The average Bonchev–Trinajstić information content (AvgIpc) is 2.90. The monoisotopic (exact) mass is 622 g/mol. The molecule has 2 N–H and O–H groups in total. The number of aromatic hydroxyl groups is 2. The highest BCUT2D eigenvalue weighted by Gasteiger charge is 2.28. The maximum atomic E-state index is 11.1. The summed E-state index contributed by atoms with van der Waals surface area (Å²) in [6.45, 7) is 26.0. The van der Waals surface area contributed by atoms with Crippen molar-refractivity contribution in [2.24, 2.45) is 0 Å². The van der Waals surface area contributed by atoms with Crippen LogP contribution < -0.4 is 0 Å². The second kappa shape index (κ2) is 12.6. The fourth-order valence-electron chi connectivity index (χ4n) is 5.84. The molecule has 0 aliphatic rings. The van der Waals surface area contributed by atoms with Crippen molar-refractivity contribution in [1.82, 2.24) is 0 Å². The van der Waals surface area contributed by atoms with Gasteiger partial charge >= 0.3 is 0 Å². The lowest BCUT2D eigenvalue weighted by Crippen LogP contribution is -2.18. The smallest absolute Gasteiger partial charge is 0.123 e. The SMILES string of the molecule is CC(C)(C)c1cc(Cc2ccc(Sc3ccc(Cc4cc(C(C)(C)C)c(O)c(C(C)(C)C)c4)cc3)cc2)cc(C(C)(C)C)c1O. The van der Waals surface area contributed by atoms with E-state index in [0.29, 0.717) is 11.5 Å². The summed E-state index contributed by atoms with van der Waals surface area (Å²) in [5.41, 5.74) is 8.49. The molecule has 0 aromatic heterocycles. The third-order valence-electron chi connectivity index (χ3n) is 8.47. The predicted octanol–water partition coefficient (Wildman–Crippen LogP) is 11.6. The van der Waals surface area contributed by atoms with E-state index in [1.165, 1.54) is 32.0 Å². The first-order valence-corrected chi connectivity index (χ1v) is 17.0. The minimum absolute atomic E-state index is 0.134. The number of phenols is 2. The largest absolute Gasteiger partial charge is 0.507 e. The van der Waals surface area contributed by atoms with Crippen LogP contribution in [0.3, 0.4) is 0 Å². The Balaban J connectivity index is 1.49. The first-order valence-electron chi connectivity index (χ1n) is 16.2. The van der Waals surface area contributed by atoms with E-state index < -0.39 is 0 Å². The van der Waals surface area contributed by atoms with Crippen molar-refractivity contribution in [3.05, 3.63) is 117 Å². The summed E-state index contributed by atoms with van der Waals surface area (Å²) in [6, 6.07) is 26.5. The molecule has 0 fully saturated rings. The Hall–Kier alpha value is -3.17. The summed E-state index contributed by atoms with van der Waals surface area (Å²) < 4.78 is 0. The van der Waals surface area contributed by atoms with Gasteiger partial charge in [0.1, 0.15) is 11.5 Å². The van der Waals surface area contributed by atoms with Crippen molar-refractivity contribution in [1.29, 1.82) is 0 Å². The molecule has 0 atom stereocenters. The molecule has 240 valence electrons. The van der Waals surface area contributed by atoms with Gasteiger partial charge in [-0.15, -0.1) is 0 Å². The maximum Gasteiger partial charge on any atom is 0.123 e. The zero-order chi connectivity index (χ0) is 33.5. The lowest BCUT2D eigenvalue weighted by molar-refractivity contribution is 0.422. The van der Waals surface area contributed by atoms with E-state index in [-0.39, 0.29) is 21.7 Å². The zero-order valence-corrected chi connectivity index (χ0v) is 30.5. The molecule has 0 unspecified atom stereocenters. The molecule has 45 heavy (non-hydrogen) atoms. The molecule has 0 aliphatic carbocycles. The lowest BCUT2D eigenvalue weighted by atomic mass is 9.78. The minimum Gasteiger partial charge on any atom is -0.507 e. The fraction of sp³-hybridized carbons (Fsp3) is 0.429. The van der Waals surface area contributed by atoms with Crippen molar-refractivity contribution in [2.45, 2.75) is 127 Å². The standard InChI is InChI=1S/C42H54O2S/c1-39(2,3)33-23-29(24-34(37(33)43)40(4,5)6)21-27-13-17-31(18-14-27)45-32-19-15-28(16-20-32)22-30-25-35(41(7,8)9)38(44)36(26-30)42(10,11)12/h13-20,23-26,43-44H,21-22H2,1-12H3. The number of benzene rings is 4. The van der Waals surface area contributed by atoms with Crippen LogP contribution in [0, 0.1) is 0 Å². The second-order valence-electron chi connectivity index (χ2n) is 16.8. The zero-order valence-electron chi connectivity index (χ0n) is 29.6. The van der Waals surface area contributed by atoms with E-state index in [1.807, 2.05) is 0 Å². The van der Waals surface area contributed by atoms with Crippen LogP contribution in [0.4, 0.5) is 0 Å². The van der Waals surface area contributed by atoms with Gasteiger partial charge in [0.15, 0.2) is 0 Å². The van der Waals surface area contributed by atoms with Crippen LogP contribution >= 0.6 is 11.8 Å². The maximum absolute atomic E-state index is 11.1. The van der Waals surface area contributed by atoms with Crippen molar-refractivity contribution >= 4 is 11.8 Å².